The maximum Gasteiger partial charge on any atom is 0.259 e. The molecule has 0 saturated heterocycles. The first-order valence-electron chi connectivity index (χ1n) is 9.19. The number of thiophene rings is 1. The number of hydrogen-bond acceptors (Lipinski definition) is 4. The van der Waals surface area contributed by atoms with Gasteiger partial charge in [0, 0.05) is 22.5 Å². The molecule has 2 aliphatic rings. The molecule has 1 aromatic carbocycles. The van der Waals surface area contributed by atoms with Crippen molar-refractivity contribution in [1.29, 1.82) is 0 Å². The number of halogens is 1. The lowest BCUT2D eigenvalue weighted by molar-refractivity contribution is 0.239. The predicted molar refractivity (Wildman–Crippen MR) is 106 cm³/mol. The van der Waals surface area contributed by atoms with Gasteiger partial charge in [-0.2, -0.15) is 0 Å². The van der Waals surface area contributed by atoms with Crippen molar-refractivity contribution in [2.24, 2.45) is 0 Å². The number of rotatable bonds is 5. The third-order valence-electron chi connectivity index (χ3n) is 5.34. The van der Waals surface area contributed by atoms with Crippen LogP contribution < -0.4 is 5.56 Å². The molecular weight excluding hydrogens is 366 g/mol. The van der Waals surface area contributed by atoms with E-state index >= 15 is 0 Å². The highest BCUT2D eigenvalue weighted by Crippen LogP contribution is 2.35. The first-order chi connectivity index (χ1) is 12.7. The van der Waals surface area contributed by atoms with E-state index in [9.17, 15) is 4.79 Å². The average Bonchev–Trinajstić information content (AvgIpc) is 3.26. The summed E-state index contributed by atoms with van der Waals surface area (Å²) in [5, 5.41) is 1.59. The van der Waals surface area contributed by atoms with Crippen LogP contribution in [0.1, 0.15) is 41.1 Å². The molecule has 0 radical (unpaired) electrons. The van der Waals surface area contributed by atoms with Gasteiger partial charge in [-0.15, -0.1) is 11.3 Å². The van der Waals surface area contributed by atoms with Crippen LogP contribution in [0.25, 0.3) is 10.2 Å². The molecule has 3 aromatic rings. The zero-order chi connectivity index (χ0) is 17.7. The summed E-state index contributed by atoms with van der Waals surface area (Å²) in [6.07, 6.45) is 5.70. The van der Waals surface area contributed by atoms with E-state index in [1.54, 1.807) is 11.3 Å². The topological polar surface area (TPSA) is 49.0 Å². The number of nitrogens with zero attached hydrogens (tertiary/aromatic N) is 2. The summed E-state index contributed by atoms with van der Waals surface area (Å²) in [6, 6.07) is 8.59. The van der Waals surface area contributed by atoms with Crippen LogP contribution in [0.15, 0.2) is 29.1 Å². The fourth-order valence-electron chi connectivity index (χ4n) is 3.89. The molecule has 1 fully saturated rings. The molecule has 6 heteroatoms. The maximum absolute atomic E-state index is 12.7. The normalized spacial score (nSPS) is 16.5. The minimum atomic E-state index is 0.0339. The number of aromatic amines is 1. The Labute approximate surface area is 160 Å². The second kappa shape index (κ2) is 6.48. The Morgan fingerprint density at radius 2 is 2.00 bits per heavy atom. The van der Waals surface area contributed by atoms with Gasteiger partial charge in [-0.3, -0.25) is 9.69 Å². The Morgan fingerprint density at radius 3 is 2.77 bits per heavy atom. The Kier molecular flexibility index (Phi) is 4.11. The van der Waals surface area contributed by atoms with E-state index < -0.39 is 0 Å². The number of fused-ring (bicyclic) bond motifs is 3. The van der Waals surface area contributed by atoms with Crippen molar-refractivity contribution in [3.8, 4) is 0 Å². The van der Waals surface area contributed by atoms with Crippen molar-refractivity contribution in [3.63, 3.8) is 0 Å². The highest BCUT2D eigenvalue weighted by Gasteiger charge is 2.30. The fourth-order valence-corrected chi connectivity index (χ4v) is 5.30. The monoisotopic (exact) mass is 385 g/mol. The van der Waals surface area contributed by atoms with Gasteiger partial charge in [-0.05, 0) is 55.4 Å². The summed E-state index contributed by atoms with van der Waals surface area (Å²) in [4.78, 5) is 25.2. The van der Waals surface area contributed by atoms with Gasteiger partial charge in [-0.25, -0.2) is 4.98 Å². The summed E-state index contributed by atoms with van der Waals surface area (Å²) < 4.78 is 0. The standard InChI is InChI=1S/C20H20ClN3OS/c21-13-6-4-12(5-7-13)10-24(14-8-9-14)11-17-22-19(25)18-15-2-1-3-16(15)26-20(18)23-17/h4-7,14H,1-3,8-11H2,(H,22,23,25). The van der Waals surface area contributed by atoms with Crippen LogP contribution in [0.3, 0.4) is 0 Å². The van der Waals surface area contributed by atoms with Gasteiger partial charge in [0.1, 0.15) is 10.7 Å². The molecule has 4 nitrogen and oxygen atoms in total. The second-order valence-corrected chi connectivity index (χ2v) is 8.83. The predicted octanol–water partition coefficient (Wildman–Crippen LogP) is 4.29. The molecule has 0 amide bonds. The van der Waals surface area contributed by atoms with Gasteiger partial charge in [0.25, 0.3) is 5.56 Å². The molecule has 134 valence electrons. The Morgan fingerprint density at radius 1 is 1.19 bits per heavy atom. The largest absolute Gasteiger partial charge is 0.309 e. The number of nitrogens with one attached hydrogen (secondary N) is 1. The van der Waals surface area contributed by atoms with Crippen LogP contribution in [0.5, 0.6) is 0 Å². The minimum absolute atomic E-state index is 0.0339. The Hall–Kier alpha value is -1.69. The maximum atomic E-state index is 12.7. The lowest BCUT2D eigenvalue weighted by Gasteiger charge is -2.21. The summed E-state index contributed by atoms with van der Waals surface area (Å²) in [6.45, 7) is 1.53. The quantitative estimate of drug-likeness (QED) is 0.712. The van der Waals surface area contributed by atoms with Crippen molar-refractivity contribution >= 4 is 33.2 Å². The van der Waals surface area contributed by atoms with Gasteiger partial charge < -0.3 is 4.98 Å². The third kappa shape index (κ3) is 3.08. The third-order valence-corrected chi connectivity index (χ3v) is 6.78. The van der Waals surface area contributed by atoms with Crippen molar-refractivity contribution in [3.05, 3.63) is 61.5 Å². The molecule has 0 bridgehead atoms. The summed E-state index contributed by atoms with van der Waals surface area (Å²) in [5.41, 5.74) is 2.51. The first kappa shape index (κ1) is 16.5. The molecular formula is C20H20ClN3OS. The van der Waals surface area contributed by atoms with Gasteiger partial charge in [0.05, 0.1) is 11.9 Å². The molecule has 0 spiro atoms. The number of H-pyrrole nitrogens is 1. The van der Waals surface area contributed by atoms with Crippen molar-refractivity contribution in [1.82, 2.24) is 14.9 Å². The van der Waals surface area contributed by atoms with E-state index in [1.807, 2.05) is 12.1 Å². The zero-order valence-electron chi connectivity index (χ0n) is 14.4. The van der Waals surface area contributed by atoms with Gasteiger partial charge in [0.15, 0.2) is 0 Å². The van der Waals surface area contributed by atoms with E-state index in [-0.39, 0.29) is 5.56 Å². The van der Waals surface area contributed by atoms with E-state index in [1.165, 1.54) is 28.8 Å². The van der Waals surface area contributed by atoms with Gasteiger partial charge in [-0.1, -0.05) is 23.7 Å². The molecule has 0 aliphatic heterocycles. The molecule has 2 aliphatic carbocycles. The van der Waals surface area contributed by atoms with Crippen LogP contribution in [-0.4, -0.2) is 20.9 Å². The van der Waals surface area contributed by atoms with Crippen LogP contribution in [0.2, 0.25) is 5.02 Å². The molecule has 2 aromatic heterocycles. The molecule has 5 rings (SSSR count). The van der Waals surface area contributed by atoms with E-state index in [4.69, 9.17) is 16.6 Å². The molecule has 2 heterocycles. The lowest BCUT2D eigenvalue weighted by Crippen LogP contribution is -2.27. The summed E-state index contributed by atoms with van der Waals surface area (Å²) in [7, 11) is 0. The van der Waals surface area contributed by atoms with E-state index in [2.05, 4.69) is 22.0 Å². The molecule has 26 heavy (non-hydrogen) atoms. The lowest BCUT2D eigenvalue weighted by atomic mass is 10.2. The van der Waals surface area contributed by atoms with E-state index in [0.29, 0.717) is 12.6 Å². The Balaban J connectivity index is 1.43. The highest BCUT2D eigenvalue weighted by molar-refractivity contribution is 7.18. The number of aryl methyl sites for hydroxylation is 2. The van der Waals surface area contributed by atoms with Crippen molar-refractivity contribution in [2.75, 3.05) is 0 Å². The smallest absolute Gasteiger partial charge is 0.259 e. The van der Waals surface area contributed by atoms with Crippen molar-refractivity contribution < 1.29 is 0 Å². The van der Waals surface area contributed by atoms with Gasteiger partial charge in [0.2, 0.25) is 0 Å². The van der Waals surface area contributed by atoms with Crippen LogP contribution >= 0.6 is 22.9 Å². The van der Waals surface area contributed by atoms with Gasteiger partial charge >= 0.3 is 0 Å². The minimum Gasteiger partial charge on any atom is -0.309 e. The molecule has 1 saturated carbocycles. The summed E-state index contributed by atoms with van der Waals surface area (Å²) >= 11 is 7.70. The Bertz CT molecular complexity index is 1020. The summed E-state index contributed by atoms with van der Waals surface area (Å²) in [5.74, 6) is 0.781. The highest BCUT2D eigenvalue weighted by atomic mass is 35.5. The van der Waals surface area contributed by atoms with E-state index in [0.717, 1.165) is 46.9 Å². The van der Waals surface area contributed by atoms with Crippen LogP contribution in [0.4, 0.5) is 0 Å². The fraction of sp³-hybridized carbons (Fsp3) is 0.400. The molecule has 0 atom stereocenters. The number of aromatic nitrogens is 2. The van der Waals surface area contributed by atoms with Crippen LogP contribution in [0, 0.1) is 0 Å². The van der Waals surface area contributed by atoms with Crippen LogP contribution in [-0.2, 0) is 25.9 Å². The average molecular weight is 386 g/mol. The molecule has 0 unspecified atom stereocenters. The SMILES string of the molecule is O=c1[nH]c(CN(Cc2ccc(Cl)cc2)C2CC2)nc2sc3c(c12)CCC3. The molecule has 1 N–H and O–H groups in total. The number of benzene rings is 1. The number of hydrogen-bond donors (Lipinski definition) is 1. The second-order valence-electron chi connectivity index (χ2n) is 7.31. The first-order valence-corrected chi connectivity index (χ1v) is 10.4. The zero-order valence-corrected chi connectivity index (χ0v) is 16.0. The van der Waals surface area contributed by atoms with Crippen molar-refractivity contribution in [2.45, 2.75) is 51.2 Å².